The van der Waals surface area contributed by atoms with Crippen LogP contribution in [0.15, 0.2) is 18.2 Å². The van der Waals surface area contributed by atoms with Crippen LogP contribution in [0.5, 0.6) is 11.5 Å². The molecular formula is C17H25NO4. The summed E-state index contributed by atoms with van der Waals surface area (Å²) in [5, 5.41) is 0. The molecule has 1 aliphatic rings. The van der Waals surface area contributed by atoms with Gasteiger partial charge in [0.25, 0.3) is 0 Å². The first-order valence-corrected chi connectivity index (χ1v) is 7.54. The van der Waals surface area contributed by atoms with Crippen molar-refractivity contribution < 1.29 is 19.0 Å². The Balaban J connectivity index is 2.12. The third-order valence-corrected chi connectivity index (χ3v) is 3.71. The molecule has 1 aromatic rings. The second-order valence-corrected chi connectivity index (χ2v) is 6.49. The van der Waals surface area contributed by atoms with Gasteiger partial charge in [0.15, 0.2) is 11.5 Å². The predicted molar refractivity (Wildman–Crippen MR) is 84.7 cm³/mol. The first-order chi connectivity index (χ1) is 10.4. The third-order valence-electron chi connectivity index (χ3n) is 3.71. The van der Waals surface area contributed by atoms with Crippen molar-refractivity contribution in [2.75, 3.05) is 27.3 Å². The molecule has 5 heteroatoms. The first kappa shape index (κ1) is 16.5. The molecule has 0 N–H and O–H groups in total. The van der Waals surface area contributed by atoms with Crippen LogP contribution in [0.4, 0.5) is 4.79 Å². The van der Waals surface area contributed by atoms with Crippen molar-refractivity contribution in [1.29, 1.82) is 0 Å². The molecule has 0 saturated carbocycles. The lowest BCUT2D eigenvalue weighted by atomic mass is 9.97. The molecule has 1 aliphatic heterocycles. The molecule has 1 aromatic carbocycles. The normalized spacial score (nSPS) is 18.2. The van der Waals surface area contributed by atoms with E-state index in [1.54, 1.807) is 19.1 Å². The van der Waals surface area contributed by atoms with Gasteiger partial charge in [-0.05, 0) is 33.3 Å². The number of rotatable bonds is 3. The maximum absolute atomic E-state index is 12.2. The molecule has 5 nitrogen and oxygen atoms in total. The lowest BCUT2D eigenvalue weighted by Gasteiger charge is -2.24. The number of para-hydroxylation sites is 1. The molecule has 2 rings (SSSR count). The Morgan fingerprint density at radius 2 is 1.95 bits per heavy atom. The van der Waals surface area contributed by atoms with Crippen LogP contribution < -0.4 is 9.47 Å². The van der Waals surface area contributed by atoms with Gasteiger partial charge in [0.1, 0.15) is 5.60 Å². The number of carbonyl (C=O) groups is 1. The van der Waals surface area contributed by atoms with Crippen molar-refractivity contribution in [3.05, 3.63) is 23.8 Å². The summed E-state index contributed by atoms with van der Waals surface area (Å²) < 4.78 is 16.3. The minimum atomic E-state index is -0.469. The molecule has 0 bridgehead atoms. The Morgan fingerprint density at radius 3 is 2.55 bits per heavy atom. The number of carbonyl (C=O) groups excluding carboxylic acids is 1. The molecule has 122 valence electrons. The summed E-state index contributed by atoms with van der Waals surface area (Å²) in [7, 11) is 3.27. The summed E-state index contributed by atoms with van der Waals surface area (Å²) in [6.45, 7) is 6.97. The number of ether oxygens (including phenoxy) is 3. The van der Waals surface area contributed by atoms with Crippen LogP contribution >= 0.6 is 0 Å². The highest BCUT2D eigenvalue weighted by atomic mass is 16.6. The minimum absolute atomic E-state index is 0.234. The summed E-state index contributed by atoms with van der Waals surface area (Å²) in [4.78, 5) is 13.9. The molecule has 1 saturated heterocycles. The number of likely N-dealkylation sites (tertiary alicyclic amines) is 1. The van der Waals surface area contributed by atoms with Crippen molar-refractivity contribution in [3.63, 3.8) is 0 Å². The summed E-state index contributed by atoms with van der Waals surface area (Å²) in [6.07, 6.45) is 0.639. The van der Waals surface area contributed by atoms with E-state index in [-0.39, 0.29) is 12.0 Å². The molecule has 1 unspecified atom stereocenters. The Hall–Kier alpha value is -1.91. The average Bonchev–Trinajstić information content (AvgIpc) is 2.94. The molecule has 0 aliphatic carbocycles. The summed E-state index contributed by atoms with van der Waals surface area (Å²) in [6, 6.07) is 5.86. The van der Waals surface area contributed by atoms with Gasteiger partial charge in [0, 0.05) is 24.6 Å². The maximum atomic E-state index is 12.2. The Morgan fingerprint density at radius 1 is 1.23 bits per heavy atom. The Labute approximate surface area is 132 Å². The number of benzene rings is 1. The lowest BCUT2D eigenvalue weighted by molar-refractivity contribution is 0.0292. The molecule has 0 radical (unpaired) electrons. The van der Waals surface area contributed by atoms with E-state index < -0.39 is 5.60 Å². The zero-order valence-corrected chi connectivity index (χ0v) is 14.0. The van der Waals surface area contributed by atoms with E-state index in [2.05, 4.69) is 0 Å². The zero-order chi connectivity index (χ0) is 16.3. The minimum Gasteiger partial charge on any atom is -0.493 e. The fraction of sp³-hybridized carbons (Fsp3) is 0.588. The first-order valence-electron chi connectivity index (χ1n) is 7.54. The molecular weight excluding hydrogens is 282 g/mol. The van der Waals surface area contributed by atoms with Gasteiger partial charge in [-0.25, -0.2) is 4.79 Å². The zero-order valence-electron chi connectivity index (χ0n) is 14.0. The van der Waals surface area contributed by atoms with E-state index in [0.29, 0.717) is 13.1 Å². The highest BCUT2D eigenvalue weighted by Gasteiger charge is 2.32. The van der Waals surface area contributed by atoms with Crippen LogP contribution in [-0.2, 0) is 4.74 Å². The molecule has 0 aromatic heterocycles. The second kappa shape index (κ2) is 6.46. The largest absolute Gasteiger partial charge is 0.493 e. The second-order valence-electron chi connectivity index (χ2n) is 6.49. The van der Waals surface area contributed by atoms with Gasteiger partial charge in [0.05, 0.1) is 14.2 Å². The van der Waals surface area contributed by atoms with Crippen molar-refractivity contribution in [3.8, 4) is 11.5 Å². The molecule has 1 atom stereocenters. The highest BCUT2D eigenvalue weighted by Crippen LogP contribution is 2.39. The number of hydrogen-bond donors (Lipinski definition) is 0. The van der Waals surface area contributed by atoms with Crippen molar-refractivity contribution in [1.82, 2.24) is 4.90 Å². The molecule has 22 heavy (non-hydrogen) atoms. The third kappa shape index (κ3) is 3.64. The van der Waals surface area contributed by atoms with Crippen LogP contribution in [-0.4, -0.2) is 43.9 Å². The van der Waals surface area contributed by atoms with Gasteiger partial charge in [-0.3, -0.25) is 0 Å². The van der Waals surface area contributed by atoms with Crippen LogP contribution in [0.3, 0.4) is 0 Å². The van der Waals surface area contributed by atoms with Gasteiger partial charge < -0.3 is 19.1 Å². The molecule has 1 amide bonds. The topological polar surface area (TPSA) is 48.0 Å². The van der Waals surface area contributed by atoms with E-state index >= 15 is 0 Å². The van der Waals surface area contributed by atoms with E-state index in [4.69, 9.17) is 14.2 Å². The van der Waals surface area contributed by atoms with Crippen LogP contribution in [0.1, 0.15) is 38.7 Å². The number of hydrogen-bond acceptors (Lipinski definition) is 4. The number of amides is 1. The SMILES string of the molecule is COc1cccc(C2CCN(C(=O)OC(C)(C)C)C2)c1OC. The van der Waals surface area contributed by atoms with E-state index in [9.17, 15) is 4.79 Å². The fourth-order valence-electron chi connectivity index (χ4n) is 2.74. The number of nitrogens with zero attached hydrogens (tertiary/aromatic N) is 1. The summed E-state index contributed by atoms with van der Waals surface area (Å²) >= 11 is 0. The standard InChI is InChI=1S/C17H25NO4/c1-17(2,3)22-16(19)18-10-9-12(11-18)13-7-6-8-14(20-4)15(13)21-5/h6-8,12H,9-11H2,1-5H3. The lowest BCUT2D eigenvalue weighted by Crippen LogP contribution is -2.35. The average molecular weight is 307 g/mol. The van der Waals surface area contributed by atoms with Crippen LogP contribution in [0.2, 0.25) is 0 Å². The maximum Gasteiger partial charge on any atom is 0.410 e. The highest BCUT2D eigenvalue weighted by molar-refractivity contribution is 5.68. The van der Waals surface area contributed by atoms with Crippen molar-refractivity contribution in [2.24, 2.45) is 0 Å². The summed E-state index contributed by atoms with van der Waals surface area (Å²) in [5.74, 6) is 1.70. The smallest absolute Gasteiger partial charge is 0.410 e. The van der Waals surface area contributed by atoms with Gasteiger partial charge in [-0.15, -0.1) is 0 Å². The Bertz CT molecular complexity index is 536. The molecule has 1 fully saturated rings. The van der Waals surface area contributed by atoms with Gasteiger partial charge in [-0.1, -0.05) is 12.1 Å². The van der Waals surface area contributed by atoms with Gasteiger partial charge >= 0.3 is 6.09 Å². The van der Waals surface area contributed by atoms with E-state index in [1.165, 1.54) is 0 Å². The van der Waals surface area contributed by atoms with Crippen molar-refractivity contribution >= 4 is 6.09 Å². The van der Waals surface area contributed by atoms with E-state index in [0.717, 1.165) is 23.5 Å². The van der Waals surface area contributed by atoms with Crippen LogP contribution in [0, 0.1) is 0 Å². The predicted octanol–water partition coefficient (Wildman–Crippen LogP) is 3.43. The van der Waals surface area contributed by atoms with Crippen molar-refractivity contribution in [2.45, 2.75) is 38.7 Å². The molecule has 1 heterocycles. The van der Waals surface area contributed by atoms with Crippen LogP contribution in [0.25, 0.3) is 0 Å². The van der Waals surface area contributed by atoms with E-state index in [1.807, 2.05) is 39.0 Å². The monoisotopic (exact) mass is 307 g/mol. The number of methoxy groups -OCH3 is 2. The molecule has 0 spiro atoms. The van der Waals surface area contributed by atoms with Gasteiger partial charge in [0.2, 0.25) is 0 Å². The van der Waals surface area contributed by atoms with Gasteiger partial charge in [-0.2, -0.15) is 0 Å². The summed E-state index contributed by atoms with van der Waals surface area (Å²) in [5.41, 5.74) is 0.607. The fourth-order valence-corrected chi connectivity index (χ4v) is 2.74. The quantitative estimate of drug-likeness (QED) is 0.858. The Kier molecular flexibility index (Phi) is 4.84.